The Kier molecular flexibility index (Phi) is 6.07. The van der Waals surface area contributed by atoms with Gasteiger partial charge in [0.15, 0.2) is 11.6 Å². The van der Waals surface area contributed by atoms with Gasteiger partial charge < -0.3 is 10.4 Å². The van der Waals surface area contributed by atoms with E-state index in [9.17, 15) is 13.6 Å². The Labute approximate surface area is 109 Å². The molecule has 3 nitrogen and oxygen atoms in total. The zero-order chi connectivity index (χ0) is 13.5. The minimum absolute atomic E-state index is 0.0988. The predicted molar refractivity (Wildman–Crippen MR) is 66.4 cm³/mol. The average Bonchev–Trinajstić information content (AvgIpc) is 2.37. The van der Waals surface area contributed by atoms with Crippen molar-refractivity contribution in [2.75, 3.05) is 12.4 Å². The van der Waals surface area contributed by atoms with E-state index in [1.807, 2.05) is 6.92 Å². The molecule has 0 aromatic heterocycles. The summed E-state index contributed by atoms with van der Waals surface area (Å²) in [4.78, 5) is 12.0. The van der Waals surface area contributed by atoms with E-state index >= 15 is 0 Å². The van der Waals surface area contributed by atoms with Crippen molar-refractivity contribution in [3.05, 3.63) is 29.8 Å². The second kappa shape index (κ2) is 7.33. The van der Waals surface area contributed by atoms with Gasteiger partial charge in [0.25, 0.3) is 0 Å². The fourth-order valence-electron chi connectivity index (χ4n) is 1.26. The number of rotatable bonds is 6. The zero-order valence-corrected chi connectivity index (χ0v) is 10.8. The monoisotopic (exact) mass is 275 g/mol. The smallest absolute Gasteiger partial charge is 0.230 e. The predicted octanol–water partition coefficient (Wildman–Crippen LogP) is 1.94. The summed E-state index contributed by atoms with van der Waals surface area (Å²) in [6.07, 6.45) is 0.637. The first-order valence-electron chi connectivity index (χ1n) is 5.54. The van der Waals surface area contributed by atoms with Gasteiger partial charge in [-0.3, -0.25) is 4.79 Å². The Bertz CT molecular complexity index is 411. The van der Waals surface area contributed by atoms with Crippen LogP contribution in [0.4, 0.5) is 8.78 Å². The molecule has 0 unspecified atom stereocenters. The van der Waals surface area contributed by atoms with E-state index in [1.54, 1.807) is 0 Å². The van der Waals surface area contributed by atoms with Crippen molar-refractivity contribution < 1.29 is 18.7 Å². The molecule has 0 fully saturated rings. The van der Waals surface area contributed by atoms with E-state index in [4.69, 9.17) is 5.11 Å². The fourth-order valence-corrected chi connectivity index (χ4v) is 1.99. The van der Waals surface area contributed by atoms with Crippen LogP contribution in [0.3, 0.4) is 0 Å². The number of aliphatic hydroxyl groups is 1. The third-order valence-corrected chi connectivity index (χ3v) is 3.33. The topological polar surface area (TPSA) is 49.3 Å². The highest BCUT2D eigenvalue weighted by Crippen LogP contribution is 2.20. The van der Waals surface area contributed by atoms with Crippen LogP contribution in [0.5, 0.6) is 0 Å². The summed E-state index contributed by atoms with van der Waals surface area (Å²) in [5.41, 5.74) is 0. The van der Waals surface area contributed by atoms with Crippen LogP contribution in [0.2, 0.25) is 0 Å². The summed E-state index contributed by atoms with van der Waals surface area (Å²) >= 11 is 1.11. The minimum Gasteiger partial charge on any atom is -0.394 e. The molecule has 0 aliphatic carbocycles. The lowest BCUT2D eigenvalue weighted by molar-refractivity contribution is -0.119. The van der Waals surface area contributed by atoms with Crippen LogP contribution in [0.25, 0.3) is 0 Å². The van der Waals surface area contributed by atoms with Crippen LogP contribution in [0.1, 0.15) is 13.3 Å². The van der Waals surface area contributed by atoms with Crippen LogP contribution in [0, 0.1) is 11.6 Å². The number of halogens is 2. The van der Waals surface area contributed by atoms with E-state index in [2.05, 4.69) is 5.32 Å². The molecular weight excluding hydrogens is 260 g/mol. The summed E-state index contributed by atoms with van der Waals surface area (Å²) in [5.74, 6) is -1.98. The second-order valence-corrected chi connectivity index (χ2v) is 4.77. The molecule has 1 amide bonds. The lowest BCUT2D eigenvalue weighted by Gasteiger charge is -2.13. The van der Waals surface area contributed by atoms with Crippen LogP contribution < -0.4 is 5.32 Å². The number of nitrogens with one attached hydrogen (secondary N) is 1. The molecule has 0 spiro atoms. The number of amides is 1. The van der Waals surface area contributed by atoms with Gasteiger partial charge in [-0.1, -0.05) is 6.92 Å². The first kappa shape index (κ1) is 14.9. The van der Waals surface area contributed by atoms with E-state index < -0.39 is 11.6 Å². The number of thioether (sulfide) groups is 1. The van der Waals surface area contributed by atoms with Gasteiger partial charge in [0.05, 0.1) is 18.4 Å². The third-order valence-electron chi connectivity index (χ3n) is 2.34. The Hall–Kier alpha value is -1.14. The van der Waals surface area contributed by atoms with Crippen molar-refractivity contribution in [1.29, 1.82) is 0 Å². The maximum absolute atomic E-state index is 12.9. The van der Waals surface area contributed by atoms with Crippen molar-refractivity contribution >= 4 is 17.7 Å². The van der Waals surface area contributed by atoms with Gasteiger partial charge >= 0.3 is 0 Å². The third kappa shape index (κ3) is 4.62. The maximum atomic E-state index is 12.9. The Balaban J connectivity index is 2.44. The molecule has 1 aromatic carbocycles. The summed E-state index contributed by atoms with van der Waals surface area (Å²) < 4.78 is 25.6. The van der Waals surface area contributed by atoms with E-state index in [0.29, 0.717) is 11.3 Å². The molecule has 18 heavy (non-hydrogen) atoms. The second-order valence-electron chi connectivity index (χ2n) is 3.72. The number of aliphatic hydroxyl groups excluding tert-OH is 1. The molecule has 0 aliphatic rings. The molecule has 0 heterocycles. The van der Waals surface area contributed by atoms with Crippen LogP contribution in [-0.2, 0) is 4.79 Å². The van der Waals surface area contributed by atoms with Crippen molar-refractivity contribution in [3.8, 4) is 0 Å². The molecule has 1 aromatic rings. The van der Waals surface area contributed by atoms with Gasteiger partial charge in [0, 0.05) is 4.90 Å². The highest BCUT2D eigenvalue weighted by Gasteiger charge is 2.10. The Morgan fingerprint density at radius 1 is 1.44 bits per heavy atom. The van der Waals surface area contributed by atoms with Gasteiger partial charge in [-0.15, -0.1) is 11.8 Å². The Morgan fingerprint density at radius 3 is 2.72 bits per heavy atom. The molecule has 0 aliphatic heterocycles. The van der Waals surface area contributed by atoms with Crippen LogP contribution in [-0.4, -0.2) is 29.4 Å². The number of benzene rings is 1. The first-order valence-corrected chi connectivity index (χ1v) is 6.53. The first-order chi connectivity index (χ1) is 8.56. The lowest BCUT2D eigenvalue weighted by Crippen LogP contribution is -2.37. The number of carbonyl (C=O) groups excluding carboxylic acids is 1. The molecule has 2 N–H and O–H groups in total. The molecule has 0 saturated heterocycles. The molecule has 100 valence electrons. The molecular formula is C12H15F2NO2S. The minimum atomic E-state index is -0.929. The summed E-state index contributed by atoms with van der Waals surface area (Å²) in [6.45, 7) is 1.74. The number of hydrogen-bond acceptors (Lipinski definition) is 3. The highest BCUT2D eigenvalue weighted by molar-refractivity contribution is 8.00. The maximum Gasteiger partial charge on any atom is 0.230 e. The molecule has 0 radical (unpaired) electrons. The standard InChI is InChI=1S/C12H15F2NO2S/c1-2-8(6-16)15-12(17)7-18-9-3-4-10(13)11(14)5-9/h3-5,8,16H,2,6-7H2,1H3,(H,15,17)/t8-/m1/s1. The van der Waals surface area contributed by atoms with E-state index in [0.717, 1.165) is 23.9 Å². The van der Waals surface area contributed by atoms with E-state index in [-0.39, 0.29) is 24.3 Å². The summed E-state index contributed by atoms with van der Waals surface area (Å²) in [7, 11) is 0. The molecule has 0 bridgehead atoms. The van der Waals surface area contributed by atoms with Gasteiger partial charge in [-0.05, 0) is 24.6 Å². The lowest BCUT2D eigenvalue weighted by atomic mass is 10.2. The quantitative estimate of drug-likeness (QED) is 0.780. The van der Waals surface area contributed by atoms with Gasteiger partial charge in [-0.2, -0.15) is 0 Å². The van der Waals surface area contributed by atoms with Crippen molar-refractivity contribution in [3.63, 3.8) is 0 Å². The molecule has 1 rings (SSSR count). The normalized spacial score (nSPS) is 12.2. The molecule has 1 atom stereocenters. The number of hydrogen-bond donors (Lipinski definition) is 2. The summed E-state index contributed by atoms with van der Waals surface area (Å²) in [5, 5.41) is 11.5. The van der Waals surface area contributed by atoms with Gasteiger partial charge in [0.1, 0.15) is 0 Å². The fraction of sp³-hybridized carbons (Fsp3) is 0.417. The van der Waals surface area contributed by atoms with Crippen molar-refractivity contribution in [1.82, 2.24) is 5.32 Å². The van der Waals surface area contributed by atoms with Crippen molar-refractivity contribution in [2.24, 2.45) is 0 Å². The average molecular weight is 275 g/mol. The number of carbonyl (C=O) groups is 1. The van der Waals surface area contributed by atoms with Crippen molar-refractivity contribution in [2.45, 2.75) is 24.3 Å². The zero-order valence-electron chi connectivity index (χ0n) is 9.95. The van der Waals surface area contributed by atoms with E-state index in [1.165, 1.54) is 6.07 Å². The molecule has 6 heteroatoms. The van der Waals surface area contributed by atoms with Gasteiger partial charge in [-0.25, -0.2) is 8.78 Å². The summed E-state index contributed by atoms with van der Waals surface area (Å²) in [6, 6.07) is 3.23. The molecule has 0 saturated carbocycles. The van der Waals surface area contributed by atoms with Crippen LogP contribution in [0.15, 0.2) is 23.1 Å². The SMILES string of the molecule is CC[C@H](CO)NC(=O)CSc1ccc(F)c(F)c1. The Morgan fingerprint density at radius 2 is 2.17 bits per heavy atom. The largest absolute Gasteiger partial charge is 0.394 e. The highest BCUT2D eigenvalue weighted by atomic mass is 32.2. The van der Waals surface area contributed by atoms with Gasteiger partial charge in [0.2, 0.25) is 5.91 Å². The van der Waals surface area contributed by atoms with Crippen LogP contribution >= 0.6 is 11.8 Å².